The average Bonchev–Trinajstić information content (AvgIpc) is 2.36. The summed E-state index contributed by atoms with van der Waals surface area (Å²) < 4.78 is 4.53. The van der Waals surface area contributed by atoms with Gasteiger partial charge in [0.25, 0.3) is 5.91 Å². The largest absolute Gasteiger partial charge is 0.456 e. The normalized spacial score (nSPS) is 11.4. The first-order chi connectivity index (χ1) is 8.99. The lowest BCUT2D eigenvalue weighted by atomic mass is 10.1. The van der Waals surface area contributed by atoms with Crippen LogP contribution < -0.4 is 11.1 Å². The molecule has 0 aliphatic heterocycles. The summed E-state index contributed by atoms with van der Waals surface area (Å²) in [6, 6.07) is 8.33. The molecule has 0 aliphatic rings. The first kappa shape index (κ1) is 14.7. The molecule has 102 valence electrons. The van der Waals surface area contributed by atoms with Gasteiger partial charge in [0.05, 0.1) is 0 Å². The van der Waals surface area contributed by atoms with E-state index < -0.39 is 30.4 Å². The molecule has 0 bridgehead atoms. The molecule has 0 fully saturated rings. The van der Waals surface area contributed by atoms with Crippen molar-refractivity contribution in [2.75, 3.05) is 6.61 Å². The number of primary amides is 1. The lowest BCUT2D eigenvalue weighted by Crippen LogP contribution is -2.47. The molecule has 1 rings (SSSR count). The molecular weight excluding hydrogens is 248 g/mol. The number of esters is 1. The van der Waals surface area contributed by atoms with Gasteiger partial charge in [-0.15, -0.1) is 0 Å². The summed E-state index contributed by atoms with van der Waals surface area (Å²) in [5, 5.41) is 2.43. The minimum absolute atomic E-state index is 0.294. The maximum Gasteiger partial charge on any atom is 0.303 e. The van der Waals surface area contributed by atoms with E-state index in [1.54, 1.807) is 0 Å². The molecule has 0 saturated carbocycles. The third kappa shape index (κ3) is 5.67. The summed E-state index contributed by atoms with van der Waals surface area (Å²) in [5.74, 6) is -1.76. The van der Waals surface area contributed by atoms with Crippen LogP contribution in [0.2, 0.25) is 0 Å². The lowest BCUT2D eigenvalue weighted by Gasteiger charge is -2.15. The van der Waals surface area contributed by atoms with E-state index in [4.69, 9.17) is 5.73 Å². The first-order valence-corrected chi connectivity index (χ1v) is 5.75. The predicted octanol–water partition coefficient (Wildman–Crippen LogP) is -0.238. The zero-order valence-corrected chi connectivity index (χ0v) is 10.6. The number of nitrogens with two attached hydrogens (primary N) is 1. The molecule has 3 N–H and O–H groups in total. The van der Waals surface area contributed by atoms with Gasteiger partial charge in [-0.3, -0.25) is 14.4 Å². The number of rotatable bonds is 6. The van der Waals surface area contributed by atoms with E-state index in [1.165, 1.54) is 6.92 Å². The maximum atomic E-state index is 11.5. The molecule has 1 aromatic rings. The van der Waals surface area contributed by atoms with Crippen LogP contribution in [-0.4, -0.2) is 30.4 Å². The fourth-order valence-electron chi connectivity index (χ4n) is 1.48. The molecule has 0 saturated heterocycles. The standard InChI is InChI=1S/C13H16N2O4/c1-9(16)19-8-12(17)15-11(13(14)18)7-10-5-3-2-4-6-10/h2-6,11H,7-8H2,1H3,(H2,14,18)(H,15,17)/t11-/m1/s1. The summed E-state index contributed by atoms with van der Waals surface area (Å²) >= 11 is 0. The number of hydrogen-bond acceptors (Lipinski definition) is 4. The predicted molar refractivity (Wildman–Crippen MR) is 67.9 cm³/mol. The second-order valence-corrected chi connectivity index (χ2v) is 3.99. The van der Waals surface area contributed by atoms with Gasteiger partial charge in [0.2, 0.25) is 5.91 Å². The Morgan fingerprint density at radius 1 is 1.26 bits per heavy atom. The van der Waals surface area contributed by atoms with Gasteiger partial charge < -0.3 is 15.8 Å². The number of carbonyl (C=O) groups excluding carboxylic acids is 3. The molecule has 1 atom stereocenters. The van der Waals surface area contributed by atoms with Crippen LogP contribution >= 0.6 is 0 Å². The summed E-state index contributed by atoms with van der Waals surface area (Å²) in [6.07, 6.45) is 0.294. The molecule has 2 amide bonds. The van der Waals surface area contributed by atoms with Gasteiger partial charge in [-0.05, 0) is 5.56 Å². The van der Waals surface area contributed by atoms with Crippen LogP contribution in [0.25, 0.3) is 0 Å². The Labute approximate surface area is 110 Å². The second kappa shape index (κ2) is 7.15. The van der Waals surface area contributed by atoms with Crippen LogP contribution in [0.3, 0.4) is 0 Å². The molecule has 0 radical (unpaired) electrons. The van der Waals surface area contributed by atoms with Gasteiger partial charge in [0.15, 0.2) is 6.61 Å². The van der Waals surface area contributed by atoms with Crippen molar-refractivity contribution in [1.29, 1.82) is 0 Å². The zero-order valence-electron chi connectivity index (χ0n) is 10.6. The smallest absolute Gasteiger partial charge is 0.303 e. The van der Waals surface area contributed by atoms with Gasteiger partial charge in [-0.2, -0.15) is 0 Å². The van der Waals surface area contributed by atoms with Crippen molar-refractivity contribution in [3.05, 3.63) is 35.9 Å². The van der Waals surface area contributed by atoms with E-state index in [1.807, 2.05) is 30.3 Å². The summed E-state index contributed by atoms with van der Waals surface area (Å²) in [4.78, 5) is 33.3. The monoisotopic (exact) mass is 264 g/mol. The fourth-order valence-corrected chi connectivity index (χ4v) is 1.48. The van der Waals surface area contributed by atoms with Gasteiger partial charge >= 0.3 is 5.97 Å². The Morgan fingerprint density at radius 3 is 2.42 bits per heavy atom. The van der Waals surface area contributed by atoms with Crippen molar-refractivity contribution in [2.45, 2.75) is 19.4 Å². The molecule has 6 heteroatoms. The van der Waals surface area contributed by atoms with E-state index in [2.05, 4.69) is 10.1 Å². The first-order valence-electron chi connectivity index (χ1n) is 5.75. The second-order valence-electron chi connectivity index (χ2n) is 3.99. The van der Waals surface area contributed by atoms with E-state index >= 15 is 0 Å². The molecule has 1 aromatic carbocycles. The van der Waals surface area contributed by atoms with Crippen LogP contribution in [0.15, 0.2) is 30.3 Å². The minimum Gasteiger partial charge on any atom is -0.456 e. The Morgan fingerprint density at radius 2 is 1.89 bits per heavy atom. The minimum atomic E-state index is -0.828. The summed E-state index contributed by atoms with van der Waals surface area (Å²) in [7, 11) is 0. The van der Waals surface area contributed by atoms with Gasteiger partial charge in [-0.1, -0.05) is 30.3 Å². The Hall–Kier alpha value is -2.37. The van der Waals surface area contributed by atoms with Crippen LogP contribution in [0.1, 0.15) is 12.5 Å². The van der Waals surface area contributed by atoms with Crippen LogP contribution in [0, 0.1) is 0 Å². The fraction of sp³-hybridized carbons (Fsp3) is 0.308. The van der Waals surface area contributed by atoms with E-state index in [0.29, 0.717) is 6.42 Å². The summed E-state index contributed by atoms with van der Waals surface area (Å²) in [5.41, 5.74) is 6.10. The number of nitrogens with one attached hydrogen (secondary N) is 1. The Kier molecular flexibility index (Phi) is 5.53. The molecule has 0 heterocycles. The third-order valence-electron chi connectivity index (χ3n) is 2.37. The quantitative estimate of drug-likeness (QED) is 0.693. The molecule has 0 spiro atoms. The van der Waals surface area contributed by atoms with Crippen molar-refractivity contribution in [3.63, 3.8) is 0 Å². The van der Waals surface area contributed by atoms with Crippen LogP contribution in [0.5, 0.6) is 0 Å². The average molecular weight is 264 g/mol. The van der Waals surface area contributed by atoms with E-state index in [9.17, 15) is 14.4 Å². The highest BCUT2D eigenvalue weighted by molar-refractivity contribution is 5.87. The zero-order chi connectivity index (χ0) is 14.3. The molecule has 0 aliphatic carbocycles. The maximum absolute atomic E-state index is 11.5. The highest BCUT2D eigenvalue weighted by atomic mass is 16.5. The molecule has 6 nitrogen and oxygen atoms in total. The summed E-state index contributed by atoms with van der Waals surface area (Å²) in [6.45, 7) is 0.775. The van der Waals surface area contributed by atoms with Gasteiger partial charge in [-0.25, -0.2) is 0 Å². The highest BCUT2D eigenvalue weighted by Gasteiger charge is 2.18. The van der Waals surface area contributed by atoms with E-state index in [-0.39, 0.29) is 0 Å². The number of benzene rings is 1. The topological polar surface area (TPSA) is 98.5 Å². The molecule has 0 unspecified atom stereocenters. The SMILES string of the molecule is CC(=O)OCC(=O)N[C@H](Cc1ccccc1)C(N)=O. The van der Waals surface area contributed by atoms with Gasteiger partial charge in [0, 0.05) is 13.3 Å². The number of ether oxygens (including phenoxy) is 1. The molecule has 19 heavy (non-hydrogen) atoms. The lowest BCUT2D eigenvalue weighted by molar-refractivity contribution is -0.146. The van der Waals surface area contributed by atoms with Crippen molar-refractivity contribution in [2.24, 2.45) is 5.73 Å². The van der Waals surface area contributed by atoms with Crippen molar-refractivity contribution >= 4 is 17.8 Å². The third-order valence-corrected chi connectivity index (χ3v) is 2.37. The molecular formula is C13H16N2O4. The van der Waals surface area contributed by atoms with Gasteiger partial charge in [0.1, 0.15) is 6.04 Å². The highest BCUT2D eigenvalue weighted by Crippen LogP contribution is 2.03. The van der Waals surface area contributed by atoms with Crippen LogP contribution in [0.4, 0.5) is 0 Å². The van der Waals surface area contributed by atoms with Crippen molar-refractivity contribution < 1.29 is 19.1 Å². The number of amides is 2. The molecule has 0 aromatic heterocycles. The number of hydrogen-bond donors (Lipinski definition) is 2. The van der Waals surface area contributed by atoms with Crippen molar-refractivity contribution in [3.8, 4) is 0 Å². The number of carbonyl (C=O) groups is 3. The Balaban J connectivity index is 2.56. The van der Waals surface area contributed by atoms with Crippen LogP contribution in [-0.2, 0) is 25.5 Å². The Bertz CT molecular complexity index is 459. The van der Waals surface area contributed by atoms with E-state index in [0.717, 1.165) is 5.56 Å². The van der Waals surface area contributed by atoms with Crippen molar-refractivity contribution in [1.82, 2.24) is 5.32 Å².